The number of hydrogen-bond acceptors (Lipinski definition) is 5. The molecule has 0 aromatic heterocycles. The fourth-order valence-corrected chi connectivity index (χ4v) is 1.70. The van der Waals surface area contributed by atoms with Gasteiger partial charge in [-0.1, -0.05) is 0 Å². The molecule has 0 fully saturated rings. The highest BCUT2D eigenvalue weighted by Gasteiger charge is 2.30. The van der Waals surface area contributed by atoms with Gasteiger partial charge in [0.05, 0.1) is 25.4 Å². The number of carbonyl (C=O) groups is 2. The predicted octanol–water partition coefficient (Wildman–Crippen LogP) is 2.57. The van der Waals surface area contributed by atoms with E-state index in [1.165, 1.54) is 25.1 Å². The molecule has 0 spiro atoms. The van der Waals surface area contributed by atoms with Gasteiger partial charge < -0.3 is 14.2 Å². The zero-order chi connectivity index (χ0) is 15.8. The van der Waals surface area contributed by atoms with Crippen LogP contribution in [0.1, 0.15) is 31.1 Å². The van der Waals surface area contributed by atoms with Crippen LogP contribution in [0.3, 0.4) is 0 Å². The van der Waals surface area contributed by atoms with Gasteiger partial charge >= 0.3 is 5.97 Å². The maximum absolute atomic E-state index is 13.8. The highest BCUT2D eigenvalue weighted by molar-refractivity contribution is 6.12. The second kappa shape index (κ2) is 8.24. The number of halogens is 1. The Labute approximate surface area is 123 Å². The van der Waals surface area contributed by atoms with Gasteiger partial charge in [-0.05, 0) is 32.9 Å². The lowest BCUT2D eigenvalue weighted by Gasteiger charge is -2.13. The summed E-state index contributed by atoms with van der Waals surface area (Å²) in [4.78, 5) is 23.3. The lowest BCUT2D eigenvalue weighted by atomic mass is 10.1. The van der Waals surface area contributed by atoms with Gasteiger partial charge in [-0.15, -0.1) is 0 Å². The number of hydrogen-bond donors (Lipinski definition) is 0. The van der Waals surface area contributed by atoms with Crippen LogP contribution in [-0.4, -0.2) is 37.7 Å². The molecule has 5 nitrogen and oxygen atoms in total. The lowest BCUT2D eigenvalue weighted by molar-refractivity contribution is -0.147. The Balaban J connectivity index is 3.04. The minimum Gasteiger partial charge on any atom is -0.494 e. The summed E-state index contributed by atoms with van der Waals surface area (Å²) in [5.41, 5.74) is -0.0131. The molecule has 1 unspecified atom stereocenters. The van der Waals surface area contributed by atoms with Crippen LogP contribution in [-0.2, 0) is 9.53 Å². The first-order valence-corrected chi connectivity index (χ1v) is 6.79. The first-order valence-electron chi connectivity index (χ1n) is 6.79. The van der Waals surface area contributed by atoms with Crippen LogP contribution in [0.15, 0.2) is 18.2 Å². The Kier molecular flexibility index (Phi) is 6.65. The zero-order valence-electron chi connectivity index (χ0n) is 12.3. The SMILES string of the molecule is CCOC(=O)C(F)C(=O)c1ccc(OCC)cc1OCC. The molecule has 0 saturated carbocycles. The second-order valence-electron chi connectivity index (χ2n) is 4.00. The fraction of sp³-hybridized carbons (Fsp3) is 0.467. The summed E-state index contributed by atoms with van der Waals surface area (Å²) in [6.07, 6.45) is -2.36. The van der Waals surface area contributed by atoms with Crippen LogP contribution >= 0.6 is 0 Å². The van der Waals surface area contributed by atoms with Crippen LogP contribution in [0.4, 0.5) is 4.39 Å². The normalized spacial score (nSPS) is 11.6. The zero-order valence-corrected chi connectivity index (χ0v) is 12.3. The molecule has 0 saturated heterocycles. The third kappa shape index (κ3) is 4.44. The van der Waals surface area contributed by atoms with Crippen LogP contribution < -0.4 is 9.47 Å². The summed E-state index contributed by atoms with van der Waals surface area (Å²) in [5.74, 6) is -1.50. The van der Waals surface area contributed by atoms with E-state index >= 15 is 0 Å². The number of ketones is 1. The van der Waals surface area contributed by atoms with E-state index in [9.17, 15) is 14.0 Å². The summed E-state index contributed by atoms with van der Waals surface area (Å²) in [6.45, 7) is 5.85. The maximum atomic E-state index is 13.8. The minimum absolute atomic E-state index is 0.00806. The monoisotopic (exact) mass is 298 g/mol. The van der Waals surface area contributed by atoms with Gasteiger partial charge in [0, 0.05) is 6.07 Å². The number of rotatable bonds is 8. The highest BCUT2D eigenvalue weighted by atomic mass is 19.1. The number of esters is 1. The van der Waals surface area contributed by atoms with Crippen molar-refractivity contribution < 1.29 is 28.2 Å². The number of carbonyl (C=O) groups excluding carboxylic acids is 2. The van der Waals surface area contributed by atoms with Crippen molar-refractivity contribution in [2.45, 2.75) is 26.9 Å². The lowest BCUT2D eigenvalue weighted by Crippen LogP contribution is -2.28. The van der Waals surface area contributed by atoms with E-state index in [4.69, 9.17) is 9.47 Å². The summed E-state index contributed by atoms with van der Waals surface area (Å²) in [6, 6.07) is 4.40. The molecule has 1 aromatic carbocycles. The summed E-state index contributed by atoms with van der Waals surface area (Å²) in [5, 5.41) is 0. The predicted molar refractivity (Wildman–Crippen MR) is 74.6 cm³/mol. The topological polar surface area (TPSA) is 61.8 Å². The van der Waals surface area contributed by atoms with Crippen molar-refractivity contribution in [2.24, 2.45) is 0 Å². The molecular weight excluding hydrogens is 279 g/mol. The van der Waals surface area contributed by atoms with Crippen molar-refractivity contribution in [3.05, 3.63) is 23.8 Å². The number of ether oxygens (including phenoxy) is 3. The van der Waals surface area contributed by atoms with Gasteiger partial charge in [0.1, 0.15) is 11.5 Å². The summed E-state index contributed by atoms with van der Waals surface area (Å²) in [7, 11) is 0. The van der Waals surface area contributed by atoms with Crippen LogP contribution in [0, 0.1) is 0 Å². The molecular formula is C15H19FO5. The number of Topliss-reactive ketones (excluding diaryl/α,β-unsaturated/α-hetero) is 1. The first kappa shape index (κ1) is 16.9. The maximum Gasteiger partial charge on any atom is 0.349 e. The summed E-state index contributed by atoms with van der Waals surface area (Å²) >= 11 is 0. The average molecular weight is 298 g/mol. The molecule has 1 atom stereocenters. The molecule has 1 rings (SSSR count). The van der Waals surface area contributed by atoms with Crippen LogP contribution in [0.25, 0.3) is 0 Å². The molecule has 1 aromatic rings. The molecule has 0 bridgehead atoms. The van der Waals surface area contributed by atoms with Crippen molar-refractivity contribution in [3.8, 4) is 11.5 Å². The second-order valence-corrected chi connectivity index (χ2v) is 4.00. The molecule has 0 aliphatic rings. The van der Waals surface area contributed by atoms with Gasteiger partial charge in [-0.3, -0.25) is 4.79 Å². The fourth-order valence-electron chi connectivity index (χ4n) is 1.70. The standard InChI is InChI=1S/C15H19FO5/c1-4-19-10-7-8-11(12(9-10)20-5-2)14(17)13(16)15(18)21-6-3/h7-9,13H,4-6H2,1-3H3. The van der Waals surface area contributed by atoms with Gasteiger partial charge in [0.2, 0.25) is 5.78 Å². The number of alkyl halides is 1. The first-order chi connectivity index (χ1) is 10.0. The van der Waals surface area contributed by atoms with Crippen LogP contribution in [0.2, 0.25) is 0 Å². The Morgan fingerprint density at radius 2 is 1.76 bits per heavy atom. The third-order valence-corrected chi connectivity index (χ3v) is 2.55. The Hall–Kier alpha value is -2.11. The van der Waals surface area contributed by atoms with E-state index in [1.54, 1.807) is 6.92 Å². The molecule has 0 heterocycles. The highest BCUT2D eigenvalue weighted by Crippen LogP contribution is 2.27. The molecule has 0 radical (unpaired) electrons. The van der Waals surface area contributed by atoms with Crippen molar-refractivity contribution in [1.82, 2.24) is 0 Å². The molecule has 0 N–H and O–H groups in total. The van der Waals surface area contributed by atoms with Crippen molar-refractivity contribution >= 4 is 11.8 Å². The average Bonchev–Trinajstić information content (AvgIpc) is 2.47. The third-order valence-electron chi connectivity index (χ3n) is 2.55. The van der Waals surface area contributed by atoms with E-state index in [1.807, 2.05) is 6.92 Å². The van der Waals surface area contributed by atoms with Gasteiger partial charge in [0.25, 0.3) is 6.17 Å². The Bertz CT molecular complexity index is 501. The van der Waals surface area contributed by atoms with Crippen LogP contribution in [0.5, 0.6) is 11.5 Å². The smallest absolute Gasteiger partial charge is 0.349 e. The van der Waals surface area contributed by atoms with Crippen molar-refractivity contribution in [1.29, 1.82) is 0 Å². The number of benzene rings is 1. The van der Waals surface area contributed by atoms with E-state index in [2.05, 4.69) is 4.74 Å². The van der Waals surface area contributed by atoms with E-state index in [0.717, 1.165) is 0 Å². The summed E-state index contributed by atoms with van der Waals surface area (Å²) < 4.78 is 28.9. The molecule has 21 heavy (non-hydrogen) atoms. The Morgan fingerprint density at radius 1 is 1.10 bits per heavy atom. The molecule has 6 heteroatoms. The minimum atomic E-state index is -2.36. The molecule has 0 aliphatic heterocycles. The molecule has 0 amide bonds. The molecule has 116 valence electrons. The van der Waals surface area contributed by atoms with E-state index in [-0.39, 0.29) is 17.9 Å². The van der Waals surface area contributed by atoms with Gasteiger partial charge in [-0.25, -0.2) is 9.18 Å². The van der Waals surface area contributed by atoms with Gasteiger partial charge in [0.15, 0.2) is 0 Å². The molecule has 0 aliphatic carbocycles. The van der Waals surface area contributed by atoms with Gasteiger partial charge in [-0.2, -0.15) is 0 Å². The Morgan fingerprint density at radius 3 is 2.33 bits per heavy atom. The quantitative estimate of drug-likeness (QED) is 0.419. The largest absolute Gasteiger partial charge is 0.494 e. The van der Waals surface area contributed by atoms with E-state index < -0.39 is 17.9 Å². The van der Waals surface area contributed by atoms with Crippen molar-refractivity contribution in [3.63, 3.8) is 0 Å². The van der Waals surface area contributed by atoms with Crippen molar-refractivity contribution in [2.75, 3.05) is 19.8 Å². The van der Waals surface area contributed by atoms with E-state index in [0.29, 0.717) is 19.0 Å².